The maximum absolute atomic E-state index is 15.1. The summed E-state index contributed by atoms with van der Waals surface area (Å²) >= 11 is 0. The summed E-state index contributed by atoms with van der Waals surface area (Å²) in [5.74, 6) is -3.82. The van der Waals surface area contributed by atoms with E-state index in [1.54, 1.807) is 30.3 Å². The number of aromatic nitrogens is 2. The lowest BCUT2D eigenvalue weighted by molar-refractivity contribution is -0.0312. The molecule has 0 saturated carbocycles. The van der Waals surface area contributed by atoms with Crippen molar-refractivity contribution >= 4 is 23.2 Å². The van der Waals surface area contributed by atoms with E-state index in [2.05, 4.69) is 16.5 Å². The van der Waals surface area contributed by atoms with Crippen LogP contribution in [0.25, 0.3) is 0 Å². The van der Waals surface area contributed by atoms with Gasteiger partial charge in [0.15, 0.2) is 0 Å². The quantitative estimate of drug-likeness (QED) is 0.323. The van der Waals surface area contributed by atoms with Crippen LogP contribution in [-0.2, 0) is 23.6 Å². The molecule has 6 rings (SSSR count). The normalized spacial score (nSPS) is 16.9. The average molecular weight is 568 g/mol. The minimum absolute atomic E-state index is 0.0818. The molecule has 0 radical (unpaired) electrons. The van der Waals surface area contributed by atoms with Crippen molar-refractivity contribution in [1.82, 2.24) is 9.78 Å². The monoisotopic (exact) mass is 567 g/mol. The van der Waals surface area contributed by atoms with Gasteiger partial charge in [-0.15, -0.1) is 0 Å². The van der Waals surface area contributed by atoms with Crippen molar-refractivity contribution in [3.63, 3.8) is 0 Å². The van der Waals surface area contributed by atoms with Crippen LogP contribution in [0.15, 0.2) is 79.0 Å². The zero-order valence-electron chi connectivity index (χ0n) is 22.8. The topological polar surface area (TPSA) is 100 Å². The lowest BCUT2D eigenvalue weighted by Crippen LogP contribution is -2.47. The first-order valence-corrected chi connectivity index (χ1v) is 13.6. The molecular weight excluding hydrogens is 540 g/mol. The van der Waals surface area contributed by atoms with Crippen molar-refractivity contribution in [3.8, 4) is 6.07 Å². The molecule has 0 bridgehead atoms. The van der Waals surface area contributed by atoms with Gasteiger partial charge >= 0.3 is 0 Å². The van der Waals surface area contributed by atoms with Gasteiger partial charge in [-0.05, 0) is 43.2 Å². The molecule has 8 nitrogen and oxygen atoms in total. The zero-order chi connectivity index (χ0) is 29.4. The SMILES string of the molecule is CC1Cn2ncc(C(=O)Nc3ccc(CC4COC4)c(C#N)c3)c2C(=O)N1c1ccc(C(F)(F)c2ccccc2)cc1. The number of nitrogens with zero attached hydrogens (tertiary/aromatic N) is 4. The van der Waals surface area contributed by atoms with Gasteiger partial charge in [-0.3, -0.25) is 14.3 Å². The summed E-state index contributed by atoms with van der Waals surface area (Å²) in [6.07, 6.45) is 2.07. The van der Waals surface area contributed by atoms with E-state index in [9.17, 15) is 14.9 Å². The largest absolute Gasteiger partial charge is 0.381 e. The summed E-state index contributed by atoms with van der Waals surface area (Å²) in [6, 6.07) is 20.2. The van der Waals surface area contributed by atoms with Crippen LogP contribution >= 0.6 is 0 Å². The highest BCUT2D eigenvalue weighted by Crippen LogP contribution is 2.37. The molecule has 2 aliphatic rings. The number of hydrogen-bond acceptors (Lipinski definition) is 5. The second-order valence-electron chi connectivity index (χ2n) is 10.6. The molecule has 0 spiro atoms. The second-order valence-corrected chi connectivity index (χ2v) is 10.6. The van der Waals surface area contributed by atoms with Crippen LogP contribution in [-0.4, -0.2) is 40.9 Å². The number of fused-ring (bicyclic) bond motifs is 1. The van der Waals surface area contributed by atoms with Crippen molar-refractivity contribution in [1.29, 1.82) is 5.26 Å². The molecule has 1 atom stereocenters. The van der Waals surface area contributed by atoms with Crippen LogP contribution in [0, 0.1) is 17.2 Å². The molecule has 0 aliphatic carbocycles. The molecule has 2 aliphatic heterocycles. The van der Waals surface area contributed by atoms with Crippen LogP contribution < -0.4 is 10.2 Å². The lowest BCUT2D eigenvalue weighted by atomic mass is 9.94. The number of nitrogens with one attached hydrogen (secondary N) is 1. The van der Waals surface area contributed by atoms with Crippen LogP contribution in [0.3, 0.4) is 0 Å². The molecule has 4 aromatic rings. The number of rotatable bonds is 7. The Balaban J connectivity index is 1.22. The number of anilines is 2. The van der Waals surface area contributed by atoms with Gasteiger partial charge in [0.1, 0.15) is 5.69 Å². The molecule has 212 valence electrons. The first-order chi connectivity index (χ1) is 20.3. The smallest absolute Gasteiger partial charge is 0.298 e. The van der Waals surface area contributed by atoms with Crippen molar-refractivity contribution in [2.75, 3.05) is 23.4 Å². The van der Waals surface area contributed by atoms with Crippen LogP contribution in [0.2, 0.25) is 0 Å². The number of benzene rings is 3. The number of ether oxygens (including phenoxy) is 1. The Labute approximate surface area is 241 Å². The molecule has 2 amide bonds. The Morgan fingerprint density at radius 1 is 1.10 bits per heavy atom. The number of hydrogen-bond donors (Lipinski definition) is 1. The Bertz CT molecular complexity index is 1690. The lowest BCUT2D eigenvalue weighted by Gasteiger charge is -2.34. The van der Waals surface area contributed by atoms with E-state index >= 15 is 8.78 Å². The van der Waals surface area contributed by atoms with Crippen molar-refractivity contribution in [2.45, 2.75) is 31.9 Å². The summed E-state index contributed by atoms with van der Waals surface area (Å²) in [6.45, 7) is 3.48. The summed E-state index contributed by atoms with van der Waals surface area (Å²) in [5, 5.41) is 16.7. The van der Waals surface area contributed by atoms with Gasteiger partial charge in [0.05, 0.1) is 49.2 Å². The molecule has 1 saturated heterocycles. The van der Waals surface area contributed by atoms with E-state index in [1.807, 2.05) is 13.0 Å². The maximum atomic E-state index is 15.1. The molecule has 1 unspecified atom stereocenters. The number of halogens is 2. The first-order valence-electron chi connectivity index (χ1n) is 13.6. The average Bonchev–Trinajstić information content (AvgIpc) is 3.40. The standard InChI is InChI=1S/C32H27F2N5O3/c1-20-17-38-29(31(41)39(20)27-11-8-25(9-12-27)32(33,34)24-5-3-2-4-6-24)28(16-36-38)30(40)37-26-10-7-22(23(14-26)15-35)13-21-18-42-19-21/h2-12,14,16,20-21H,13,17-19H2,1H3,(H,37,40). The number of nitriles is 1. The first kappa shape index (κ1) is 27.3. The highest BCUT2D eigenvalue weighted by molar-refractivity contribution is 6.15. The highest BCUT2D eigenvalue weighted by Gasteiger charge is 2.37. The molecule has 1 aromatic heterocycles. The maximum Gasteiger partial charge on any atom is 0.298 e. The molecule has 10 heteroatoms. The molecule has 3 heterocycles. The Kier molecular flexibility index (Phi) is 7.04. The number of alkyl halides is 2. The second kappa shape index (κ2) is 10.8. The minimum atomic E-state index is -3.20. The molecule has 3 aromatic carbocycles. The Hall–Kier alpha value is -4.88. The molecule has 1 fully saturated rings. The fourth-order valence-corrected chi connectivity index (χ4v) is 5.43. The molecule has 42 heavy (non-hydrogen) atoms. The van der Waals surface area contributed by atoms with E-state index in [0.717, 1.165) is 12.0 Å². The van der Waals surface area contributed by atoms with Crippen molar-refractivity contribution in [3.05, 3.63) is 113 Å². The summed E-state index contributed by atoms with van der Waals surface area (Å²) < 4.78 is 36.9. The Morgan fingerprint density at radius 2 is 1.81 bits per heavy atom. The highest BCUT2D eigenvalue weighted by atomic mass is 19.3. The predicted molar refractivity (Wildman–Crippen MR) is 152 cm³/mol. The fourth-order valence-electron chi connectivity index (χ4n) is 5.43. The Morgan fingerprint density at radius 3 is 2.48 bits per heavy atom. The van der Waals surface area contributed by atoms with Gasteiger partial charge in [0.25, 0.3) is 17.7 Å². The summed E-state index contributed by atoms with van der Waals surface area (Å²) in [5.41, 5.74) is 2.09. The third kappa shape index (κ3) is 4.92. The van der Waals surface area contributed by atoms with Gasteiger partial charge in [0.2, 0.25) is 0 Å². The third-order valence-electron chi connectivity index (χ3n) is 7.73. The fraction of sp³-hybridized carbons (Fsp3) is 0.250. The molecule has 1 N–H and O–H groups in total. The van der Waals surface area contributed by atoms with E-state index < -0.39 is 17.7 Å². The summed E-state index contributed by atoms with van der Waals surface area (Å²) in [4.78, 5) is 28.5. The summed E-state index contributed by atoms with van der Waals surface area (Å²) in [7, 11) is 0. The van der Waals surface area contributed by atoms with Crippen molar-refractivity contribution < 1.29 is 23.1 Å². The van der Waals surface area contributed by atoms with Gasteiger partial charge in [-0.25, -0.2) is 0 Å². The van der Waals surface area contributed by atoms with E-state index in [0.29, 0.717) is 42.6 Å². The van der Waals surface area contributed by atoms with E-state index in [-0.39, 0.29) is 28.4 Å². The van der Waals surface area contributed by atoms with Gasteiger partial charge in [-0.1, -0.05) is 48.5 Å². The van der Waals surface area contributed by atoms with E-state index in [4.69, 9.17) is 4.74 Å². The minimum Gasteiger partial charge on any atom is -0.381 e. The zero-order valence-corrected chi connectivity index (χ0v) is 22.8. The number of carbonyl (C=O) groups is 2. The van der Waals surface area contributed by atoms with E-state index in [1.165, 1.54) is 52.2 Å². The molecular formula is C32H27F2N5O3. The van der Waals surface area contributed by atoms with Crippen molar-refractivity contribution in [2.24, 2.45) is 5.92 Å². The van der Waals surface area contributed by atoms with Crippen LogP contribution in [0.5, 0.6) is 0 Å². The van der Waals surface area contributed by atoms with Gasteiger partial charge in [0, 0.05) is 28.4 Å². The number of amides is 2. The van der Waals surface area contributed by atoms with Gasteiger partial charge < -0.3 is 15.0 Å². The van der Waals surface area contributed by atoms with Crippen LogP contribution in [0.1, 0.15) is 50.0 Å². The third-order valence-corrected chi connectivity index (χ3v) is 7.73. The number of carbonyl (C=O) groups excluding carboxylic acids is 2. The van der Waals surface area contributed by atoms with Gasteiger partial charge in [-0.2, -0.15) is 19.1 Å². The van der Waals surface area contributed by atoms with Crippen LogP contribution in [0.4, 0.5) is 20.2 Å². The predicted octanol–water partition coefficient (Wildman–Crippen LogP) is 5.38.